The number of hydrogen-bond acceptors (Lipinski definition) is 1. The molecule has 1 aliphatic rings. The molecule has 0 N–H and O–H groups in total. The van der Waals surface area contributed by atoms with Crippen molar-refractivity contribution >= 4 is 60.3 Å². The number of nitrogens with zero attached hydrogens (tertiary/aromatic N) is 2. The molecule has 2 nitrogen and oxygen atoms in total. The number of rotatable bonds is 9. The van der Waals surface area contributed by atoms with Gasteiger partial charge in [0, 0.05) is 33.5 Å². The van der Waals surface area contributed by atoms with E-state index in [9.17, 15) is 0 Å². The maximum Gasteiger partial charge on any atom is 0.0553 e. The van der Waals surface area contributed by atoms with E-state index < -0.39 is 0 Å². The molecule has 0 radical (unpaired) electrons. The second kappa shape index (κ2) is 17.6. The second-order valence-corrected chi connectivity index (χ2v) is 18.4. The SMILES string of the molecule is C1=C(c2ccc(-c3cccc4ccccc34)cc2)CCC(N(c2ccc(-c3cccc(-c4ccccc4)c3)cc2)c2cccc(-c3c4ccccc4cc4c3c3ccccc3n4-c3ccccc3)c2)=C1. The van der Waals surface area contributed by atoms with Gasteiger partial charge in [0.25, 0.3) is 0 Å². The minimum Gasteiger partial charge on any atom is -0.314 e. The van der Waals surface area contributed by atoms with Crippen LogP contribution in [0.25, 0.3) is 99.1 Å². The molecule has 1 aromatic heterocycles. The maximum absolute atomic E-state index is 2.49. The molecule has 1 heterocycles. The van der Waals surface area contributed by atoms with Gasteiger partial charge in [-0.15, -0.1) is 0 Å². The van der Waals surface area contributed by atoms with E-state index in [2.05, 4.69) is 276 Å². The highest BCUT2D eigenvalue weighted by Crippen LogP contribution is 2.45. The van der Waals surface area contributed by atoms with Crippen LogP contribution in [0, 0.1) is 0 Å². The first-order chi connectivity index (χ1) is 34.7. The average Bonchev–Trinajstić information content (AvgIpc) is 3.77. The lowest BCUT2D eigenvalue weighted by molar-refractivity contribution is 0.930. The molecule has 0 saturated heterocycles. The van der Waals surface area contributed by atoms with Crippen LogP contribution in [0.2, 0.25) is 0 Å². The van der Waals surface area contributed by atoms with Crippen molar-refractivity contribution in [1.29, 1.82) is 0 Å². The van der Waals surface area contributed by atoms with Crippen molar-refractivity contribution in [3.8, 4) is 50.2 Å². The summed E-state index contributed by atoms with van der Waals surface area (Å²) in [5.74, 6) is 0. The number of aromatic nitrogens is 1. The Kier molecular flexibility index (Phi) is 10.4. The van der Waals surface area contributed by atoms with Gasteiger partial charge in [0.2, 0.25) is 0 Å². The Balaban J connectivity index is 0.933. The van der Waals surface area contributed by atoms with Crippen LogP contribution < -0.4 is 4.90 Å². The summed E-state index contributed by atoms with van der Waals surface area (Å²) in [5, 5.41) is 7.52. The number of fused-ring (bicyclic) bond motifs is 5. The Labute approximate surface area is 409 Å². The number of benzene rings is 11. The highest BCUT2D eigenvalue weighted by atomic mass is 15.1. The Morgan fingerprint density at radius 3 is 1.69 bits per heavy atom. The predicted molar refractivity (Wildman–Crippen MR) is 298 cm³/mol. The van der Waals surface area contributed by atoms with Gasteiger partial charge in [-0.2, -0.15) is 0 Å². The molecule has 0 bridgehead atoms. The summed E-state index contributed by atoms with van der Waals surface area (Å²) in [6, 6.07) is 93.2. The van der Waals surface area contributed by atoms with Crippen LogP contribution in [0.3, 0.4) is 0 Å². The number of hydrogen-bond donors (Lipinski definition) is 0. The first kappa shape index (κ1) is 41.2. The van der Waals surface area contributed by atoms with Gasteiger partial charge in [-0.1, -0.05) is 206 Å². The summed E-state index contributed by atoms with van der Waals surface area (Å²) < 4.78 is 2.43. The highest BCUT2D eigenvalue weighted by Gasteiger charge is 2.23. The Bertz CT molecular complexity index is 3960. The maximum atomic E-state index is 2.49. The zero-order chi connectivity index (χ0) is 46.4. The summed E-state index contributed by atoms with van der Waals surface area (Å²) in [7, 11) is 0. The number of allylic oxidation sites excluding steroid dienone is 4. The molecule has 0 aliphatic heterocycles. The molecular weight excluding hydrogens is 845 g/mol. The fraction of sp³-hybridized carbons (Fsp3) is 0.0294. The molecule has 330 valence electrons. The predicted octanol–water partition coefficient (Wildman–Crippen LogP) is 18.7. The third-order valence-electron chi connectivity index (χ3n) is 14.3. The lowest BCUT2D eigenvalue weighted by Gasteiger charge is -2.30. The Morgan fingerprint density at radius 2 is 0.914 bits per heavy atom. The van der Waals surface area contributed by atoms with Gasteiger partial charge in [-0.05, 0) is 151 Å². The van der Waals surface area contributed by atoms with Crippen molar-refractivity contribution in [2.24, 2.45) is 0 Å². The molecule has 12 aromatic rings. The molecule has 0 fully saturated rings. The second-order valence-electron chi connectivity index (χ2n) is 18.4. The van der Waals surface area contributed by atoms with Crippen molar-refractivity contribution in [1.82, 2.24) is 4.57 Å². The van der Waals surface area contributed by atoms with Gasteiger partial charge in [0.05, 0.1) is 11.0 Å². The number of para-hydroxylation sites is 2. The first-order valence-electron chi connectivity index (χ1n) is 24.4. The van der Waals surface area contributed by atoms with Crippen LogP contribution in [0.1, 0.15) is 18.4 Å². The molecule has 1 aliphatic carbocycles. The van der Waals surface area contributed by atoms with E-state index in [0.717, 1.165) is 29.9 Å². The summed E-state index contributed by atoms with van der Waals surface area (Å²) >= 11 is 0. The smallest absolute Gasteiger partial charge is 0.0553 e. The third-order valence-corrected chi connectivity index (χ3v) is 14.3. The van der Waals surface area contributed by atoms with E-state index in [1.165, 1.54) is 105 Å². The summed E-state index contributed by atoms with van der Waals surface area (Å²) in [6.45, 7) is 0. The third kappa shape index (κ3) is 7.39. The van der Waals surface area contributed by atoms with Crippen LogP contribution in [-0.4, -0.2) is 4.57 Å². The molecule has 2 heteroatoms. The van der Waals surface area contributed by atoms with Gasteiger partial charge in [0.1, 0.15) is 0 Å². The monoisotopic (exact) mass is 892 g/mol. The largest absolute Gasteiger partial charge is 0.314 e. The Hall–Kier alpha value is -8.98. The van der Waals surface area contributed by atoms with Gasteiger partial charge >= 0.3 is 0 Å². The van der Waals surface area contributed by atoms with E-state index in [-0.39, 0.29) is 0 Å². The fourth-order valence-corrected chi connectivity index (χ4v) is 10.9. The van der Waals surface area contributed by atoms with Crippen LogP contribution in [0.5, 0.6) is 0 Å². The molecule has 0 spiro atoms. The van der Waals surface area contributed by atoms with E-state index >= 15 is 0 Å². The van der Waals surface area contributed by atoms with Gasteiger partial charge in [-0.25, -0.2) is 0 Å². The van der Waals surface area contributed by atoms with Crippen molar-refractivity contribution in [3.63, 3.8) is 0 Å². The summed E-state index contributed by atoms with van der Waals surface area (Å²) in [5.41, 5.74) is 19.5. The topological polar surface area (TPSA) is 8.17 Å². The standard InChI is InChI=1S/C68H48N2/c1-3-16-47(17-4-1)53-21-13-22-54(44-53)50-38-42-59(43-39-50)69(58-40-36-49(37-41-58)48-32-34-52(35-33-48)62-30-15-20-51-18-7-9-27-61(51)62)60-26-14-23-56(45-60)67-63-28-10-8-19-55(63)46-66-68(67)64-29-11-12-31-65(64)70(66)57-24-5-2-6-25-57/h1-36,38-40,42-46H,37,41H2. The Morgan fingerprint density at radius 1 is 0.329 bits per heavy atom. The van der Waals surface area contributed by atoms with Crippen molar-refractivity contribution in [2.45, 2.75) is 12.8 Å². The molecule has 13 rings (SSSR count). The summed E-state index contributed by atoms with van der Waals surface area (Å²) in [4.78, 5) is 2.49. The van der Waals surface area contributed by atoms with Crippen molar-refractivity contribution in [3.05, 3.63) is 278 Å². The first-order valence-corrected chi connectivity index (χ1v) is 24.4. The molecular formula is C68H48N2. The van der Waals surface area contributed by atoms with E-state index in [4.69, 9.17) is 0 Å². The van der Waals surface area contributed by atoms with Crippen LogP contribution in [0.15, 0.2) is 273 Å². The molecule has 0 atom stereocenters. The molecule has 0 amide bonds. The lowest BCUT2D eigenvalue weighted by Crippen LogP contribution is -2.18. The molecule has 0 saturated carbocycles. The zero-order valence-corrected chi connectivity index (χ0v) is 38.7. The summed E-state index contributed by atoms with van der Waals surface area (Å²) in [6.07, 6.45) is 6.53. The highest BCUT2D eigenvalue weighted by molar-refractivity contribution is 6.23. The van der Waals surface area contributed by atoms with E-state index in [1.807, 2.05) is 0 Å². The van der Waals surface area contributed by atoms with Crippen LogP contribution >= 0.6 is 0 Å². The minimum absolute atomic E-state index is 0.894. The number of anilines is 2. The molecule has 0 unspecified atom stereocenters. The van der Waals surface area contributed by atoms with Gasteiger partial charge in [0.15, 0.2) is 0 Å². The lowest BCUT2D eigenvalue weighted by atomic mass is 9.91. The zero-order valence-electron chi connectivity index (χ0n) is 38.7. The van der Waals surface area contributed by atoms with Crippen LogP contribution in [-0.2, 0) is 0 Å². The average molecular weight is 893 g/mol. The van der Waals surface area contributed by atoms with E-state index in [1.54, 1.807) is 0 Å². The quantitative estimate of drug-likeness (QED) is 0.140. The van der Waals surface area contributed by atoms with Crippen molar-refractivity contribution < 1.29 is 0 Å². The van der Waals surface area contributed by atoms with Gasteiger partial charge < -0.3 is 9.47 Å². The van der Waals surface area contributed by atoms with Gasteiger partial charge in [-0.3, -0.25) is 0 Å². The normalized spacial score (nSPS) is 12.6. The molecule has 70 heavy (non-hydrogen) atoms. The van der Waals surface area contributed by atoms with Crippen molar-refractivity contribution in [2.75, 3.05) is 4.90 Å². The van der Waals surface area contributed by atoms with Crippen LogP contribution in [0.4, 0.5) is 11.4 Å². The molecule has 11 aromatic carbocycles. The fourth-order valence-electron chi connectivity index (χ4n) is 10.9. The van der Waals surface area contributed by atoms with E-state index in [0.29, 0.717) is 0 Å². The minimum atomic E-state index is 0.894.